The lowest BCUT2D eigenvalue weighted by atomic mass is 9.76. The average Bonchev–Trinajstić information content (AvgIpc) is 1.97. The van der Waals surface area contributed by atoms with Gasteiger partial charge in [-0.25, -0.2) is 0 Å². The molecule has 0 N–H and O–H groups in total. The van der Waals surface area contributed by atoms with Gasteiger partial charge >= 0.3 is 0 Å². The number of alkyl halides is 2. The quantitative estimate of drug-likeness (QED) is 0.571. The van der Waals surface area contributed by atoms with Gasteiger partial charge in [-0.2, -0.15) is 0 Å². The molecule has 3 atom stereocenters. The normalized spacial score (nSPS) is 43.5. The van der Waals surface area contributed by atoms with Gasteiger partial charge in [-0.05, 0) is 31.1 Å². The van der Waals surface area contributed by atoms with Crippen LogP contribution < -0.4 is 0 Å². The lowest BCUT2D eigenvalue weighted by molar-refractivity contribution is 0.267. The predicted octanol–water partition coefficient (Wildman–Crippen LogP) is 4.05. The number of rotatable bonds is 1. The fourth-order valence-electron chi connectivity index (χ4n) is 1.94. The molecule has 0 radical (unpaired) electrons. The van der Waals surface area contributed by atoms with Gasteiger partial charge in [0.2, 0.25) is 0 Å². The Balaban J connectivity index is 2.66. The lowest BCUT2D eigenvalue weighted by Gasteiger charge is -2.41. The Kier molecular flexibility index (Phi) is 3.34. The first-order valence-corrected chi connectivity index (χ1v) is 5.61. The van der Waals surface area contributed by atoms with Crippen molar-refractivity contribution in [1.82, 2.24) is 0 Å². The summed E-state index contributed by atoms with van der Waals surface area (Å²) in [5.41, 5.74) is 0. The van der Waals surface area contributed by atoms with Crippen molar-refractivity contribution in [2.45, 2.75) is 50.3 Å². The number of hydrogen-bond donors (Lipinski definition) is 0. The fraction of sp³-hybridized carbons (Fsp3) is 1.00. The van der Waals surface area contributed by atoms with E-state index < -0.39 is 0 Å². The molecule has 1 aliphatic carbocycles. The van der Waals surface area contributed by atoms with Crippen LogP contribution in [-0.4, -0.2) is 10.3 Å². The van der Waals surface area contributed by atoms with E-state index in [2.05, 4.69) is 20.8 Å². The van der Waals surface area contributed by atoms with E-state index in [4.69, 9.17) is 23.2 Å². The van der Waals surface area contributed by atoms with Crippen molar-refractivity contribution in [2.75, 3.05) is 0 Å². The summed E-state index contributed by atoms with van der Waals surface area (Å²) in [6.45, 7) is 6.59. The highest BCUT2D eigenvalue weighted by Gasteiger charge is 2.42. The minimum absolute atomic E-state index is 0.145. The van der Waals surface area contributed by atoms with Gasteiger partial charge in [0.25, 0.3) is 0 Å². The largest absolute Gasteiger partial charge is 0.121 e. The summed E-state index contributed by atoms with van der Waals surface area (Å²) in [6.07, 6.45) is 3.37. The summed E-state index contributed by atoms with van der Waals surface area (Å²) in [5.74, 6) is 1.23. The lowest BCUT2D eigenvalue weighted by Crippen LogP contribution is -2.43. The molecule has 1 aliphatic rings. The van der Waals surface area contributed by atoms with Gasteiger partial charge in [0, 0.05) is 0 Å². The number of halogens is 2. The van der Waals surface area contributed by atoms with Crippen molar-refractivity contribution in [1.29, 1.82) is 0 Å². The van der Waals surface area contributed by atoms with Crippen molar-refractivity contribution in [3.05, 3.63) is 0 Å². The molecule has 3 unspecified atom stereocenters. The molecule has 0 heterocycles. The van der Waals surface area contributed by atoms with E-state index in [1.54, 1.807) is 0 Å². The van der Waals surface area contributed by atoms with Crippen molar-refractivity contribution in [3.8, 4) is 0 Å². The molecule has 0 bridgehead atoms. The molecule has 1 fully saturated rings. The Morgan fingerprint density at radius 1 is 1.42 bits per heavy atom. The predicted molar refractivity (Wildman–Crippen MR) is 56.1 cm³/mol. The van der Waals surface area contributed by atoms with Crippen molar-refractivity contribution in [2.24, 2.45) is 11.8 Å². The van der Waals surface area contributed by atoms with Crippen LogP contribution in [-0.2, 0) is 0 Å². The van der Waals surface area contributed by atoms with Crippen LogP contribution in [0.4, 0.5) is 0 Å². The van der Waals surface area contributed by atoms with Crippen molar-refractivity contribution in [3.63, 3.8) is 0 Å². The van der Waals surface area contributed by atoms with E-state index in [1.165, 1.54) is 6.42 Å². The number of hydrogen-bond acceptors (Lipinski definition) is 0. The molecule has 0 spiro atoms. The molecule has 2 heteroatoms. The second-order valence-corrected chi connectivity index (χ2v) is 5.66. The third kappa shape index (κ3) is 1.90. The first-order chi connectivity index (χ1) is 5.47. The molecule has 0 aromatic heterocycles. The minimum Gasteiger partial charge on any atom is -0.121 e. The van der Waals surface area contributed by atoms with Crippen LogP contribution in [0.2, 0.25) is 0 Å². The first-order valence-electron chi connectivity index (χ1n) is 4.79. The smallest absolute Gasteiger partial charge is 0.0632 e. The first kappa shape index (κ1) is 10.7. The highest BCUT2D eigenvalue weighted by molar-refractivity contribution is 6.32. The zero-order chi connectivity index (χ0) is 9.35. The van der Waals surface area contributed by atoms with Crippen LogP contribution in [0, 0.1) is 11.8 Å². The summed E-state index contributed by atoms with van der Waals surface area (Å²) < 4.78 is 0. The zero-order valence-electron chi connectivity index (χ0n) is 8.11. The highest BCUT2D eigenvalue weighted by Crippen LogP contribution is 2.44. The van der Waals surface area contributed by atoms with Crippen LogP contribution in [0.15, 0.2) is 0 Å². The maximum Gasteiger partial charge on any atom is 0.0632 e. The molecule has 0 amide bonds. The molecule has 0 saturated heterocycles. The monoisotopic (exact) mass is 208 g/mol. The van der Waals surface area contributed by atoms with E-state index in [9.17, 15) is 0 Å². The van der Waals surface area contributed by atoms with Crippen LogP contribution in [0.25, 0.3) is 0 Å². The van der Waals surface area contributed by atoms with E-state index in [-0.39, 0.29) is 10.3 Å². The van der Waals surface area contributed by atoms with E-state index >= 15 is 0 Å². The molecular formula is C10H18Cl2. The van der Waals surface area contributed by atoms with Gasteiger partial charge in [-0.15, -0.1) is 23.2 Å². The summed E-state index contributed by atoms with van der Waals surface area (Å²) in [4.78, 5) is -0.145. The van der Waals surface area contributed by atoms with Crippen molar-refractivity contribution < 1.29 is 0 Å². The summed E-state index contributed by atoms with van der Waals surface area (Å²) in [6, 6.07) is 0. The zero-order valence-corrected chi connectivity index (χ0v) is 9.62. The third-order valence-electron chi connectivity index (χ3n) is 3.11. The van der Waals surface area contributed by atoms with Gasteiger partial charge in [0.1, 0.15) is 0 Å². The van der Waals surface area contributed by atoms with Crippen LogP contribution in [0.3, 0.4) is 0 Å². The SMILES string of the molecule is CC1CCC(Cl)(C(C)C)C(Cl)C1. The molecule has 0 nitrogen and oxygen atoms in total. The molecule has 0 aliphatic heterocycles. The summed E-state index contributed by atoms with van der Waals surface area (Å²) in [7, 11) is 0. The maximum atomic E-state index is 6.49. The third-order valence-corrected chi connectivity index (χ3v) is 4.68. The van der Waals surface area contributed by atoms with Crippen LogP contribution in [0.5, 0.6) is 0 Å². The van der Waals surface area contributed by atoms with Gasteiger partial charge in [-0.1, -0.05) is 20.8 Å². The van der Waals surface area contributed by atoms with Gasteiger partial charge in [0.15, 0.2) is 0 Å². The van der Waals surface area contributed by atoms with E-state index in [1.807, 2.05) is 0 Å². The Bertz CT molecular complexity index is 156. The molecule has 0 aromatic carbocycles. The Hall–Kier alpha value is 0.580. The van der Waals surface area contributed by atoms with E-state index in [0.29, 0.717) is 5.92 Å². The standard InChI is InChI=1S/C10H18Cl2/c1-7(2)10(12)5-4-8(3)6-9(10)11/h7-9H,4-6H2,1-3H3. The fourth-order valence-corrected chi connectivity index (χ4v) is 2.81. The Morgan fingerprint density at radius 2 is 2.00 bits per heavy atom. The molecule has 1 saturated carbocycles. The molecule has 72 valence electrons. The van der Waals surface area contributed by atoms with E-state index in [0.717, 1.165) is 18.8 Å². The molecule has 0 aromatic rings. The van der Waals surface area contributed by atoms with Gasteiger partial charge < -0.3 is 0 Å². The van der Waals surface area contributed by atoms with Crippen LogP contribution >= 0.6 is 23.2 Å². The van der Waals surface area contributed by atoms with Crippen molar-refractivity contribution >= 4 is 23.2 Å². The van der Waals surface area contributed by atoms with Crippen LogP contribution in [0.1, 0.15) is 40.0 Å². The Labute approximate surface area is 85.6 Å². The average molecular weight is 209 g/mol. The summed E-state index contributed by atoms with van der Waals surface area (Å²) in [5, 5.41) is 0.155. The maximum absolute atomic E-state index is 6.49. The second-order valence-electron chi connectivity index (χ2n) is 4.43. The minimum atomic E-state index is -0.145. The Morgan fingerprint density at radius 3 is 2.42 bits per heavy atom. The molecule has 1 rings (SSSR count). The second kappa shape index (κ2) is 3.75. The molecular weight excluding hydrogens is 191 g/mol. The molecule has 12 heavy (non-hydrogen) atoms. The highest BCUT2D eigenvalue weighted by atomic mass is 35.5. The topological polar surface area (TPSA) is 0 Å². The summed E-state index contributed by atoms with van der Waals surface area (Å²) >= 11 is 12.8. The van der Waals surface area contributed by atoms with Gasteiger partial charge in [-0.3, -0.25) is 0 Å². The van der Waals surface area contributed by atoms with Gasteiger partial charge in [0.05, 0.1) is 10.3 Å².